The van der Waals surface area contributed by atoms with Gasteiger partial charge in [-0.25, -0.2) is 4.98 Å². The molecule has 1 fully saturated rings. The van der Waals surface area contributed by atoms with E-state index < -0.39 is 0 Å². The first kappa shape index (κ1) is 15.3. The molecule has 1 saturated carbocycles. The molecular weight excluding hydrogens is 246 g/mol. The zero-order chi connectivity index (χ0) is 14.9. The number of hydrogen-bond acceptors (Lipinski definition) is 3. The van der Waals surface area contributed by atoms with Crippen molar-refractivity contribution in [3.63, 3.8) is 0 Å². The fraction of sp³-hybridized carbons (Fsp3) is 0.706. The third-order valence-corrected chi connectivity index (χ3v) is 4.51. The van der Waals surface area contributed by atoms with Crippen molar-refractivity contribution in [3.05, 3.63) is 22.9 Å². The van der Waals surface area contributed by atoms with Crippen LogP contribution in [-0.4, -0.2) is 24.1 Å². The van der Waals surface area contributed by atoms with E-state index in [1.807, 2.05) is 0 Å². The maximum Gasteiger partial charge on any atom is 0.133 e. The van der Waals surface area contributed by atoms with Gasteiger partial charge in [0.1, 0.15) is 5.82 Å². The molecule has 1 heterocycles. The zero-order valence-corrected chi connectivity index (χ0v) is 13.8. The summed E-state index contributed by atoms with van der Waals surface area (Å²) in [7, 11) is 2.17. The van der Waals surface area contributed by atoms with Crippen LogP contribution < -0.4 is 10.2 Å². The minimum absolute atomic E-state index is 0.489. The van der Waals surface area contributed by atoms with Gasteiger partial charge in [0.05, 0.1) is 0 Å². The third kappa shape index (κ3) is 3.51. The summed E-state index contributed by atoms with van der Waals surface area (Å²) in [6, 6.07) is 3.42. The smallest absolute Gasteiger partial charge is 0.133 e. The Bertz CT molecular complexity index is 464. The molecule has 1 atom stereocenters. The molecule has 0 radical (unpaired) electrons. The fourth-order valence-electron chi connectivity index (χ4n) is 2.53. The van der Waals surface area contributed by atoms with Crippen LogP contribution in [0.15, 0.2) is 6.07 Å². The van der Waals surface area contributed by atoms with E-state index in [1.54, 1.807) is 0 Å². The second-order valence-electron chi connectivity index (χ2n) is 6.63. The van der Waals surface area contributed by atoms with Crippen LogP contribution in [0.2, 0.25) is 0 Å². The second-order valence-corrected chi connectivity index (χ2v) is 6.63. The molecule has 3 nitrogen and oxygen atoms in total. The van der Waals surface area contributed by atoms with E-state index in [9.17, 15) is 0 Å². The van der Waals surface area contributed by atoms with Gasteiger partial charge in [-0.2, -0.15) is 0 Å². The summed E-state index contributed by atoms with van der Waals surface area (Å²) < 4.78 is 0. The van der Waals surface area contributed by atoms with E-state index in [-0.39, 0.29) is 0 Å². The molecule has 1 N–H and O–H groups in total. The van der Waals surface area contributed by atoms with Gasteiger partial charge in [0, 0.05) is 36.9 Å². The van der Waals surface area contributed by atoms with Gasteiger partial charge in [-0.1, -0.05) is 13.8 Å². The van der Waals surface area contributed by atoms with Crippen LogP contribution >= 0.6 is 0 Å². The lowest BCUT2D eigenvalue weighted by Gasteiger charge is -2.31. The van der Waals surface area contributed by atoms with Gasteiger partial charge in [-0.05, 0) is 51.2 Å². The molecule has 0 aromatic carbocycles. The molecule has 0 aliphatic heterocycles. The SMILES string of the molecule is Cc1cc(C)c(CNC2CC2)c(N(C)C(C)C(C)C)n1. The highest BCUT2D eigenvalue weighted by Crippen LogP contribution is 2.27. The van der Waals surface area contributed by atoms with Gasteiger partial charge in [0.15, 0.2) is 0 Å². The quantitative estimate of drug-likeness (QED) is 0.862. The van der Waals surface area contributed by atoms with E-state index in [2.05, 4.69) is 57.9 Å². The van der Waals surface area contributed by atoms with Crippen LogP contribution in [0.1, 0.15) is 50.4 Å². The largest absolute Gasteiger partial charge is 0.356 e. The van der Waals surface area contributed by atoms with Crippen molar-refractivity contribution < 1.29 is 0 Å². The van der Waals surface area contributed by atoms with Gasteiger partial charge < -0.3 is 10.2 Å². The number of nitrogens with one attached hydrogen (secondary N) is 1. The molecule has 1 aliphatic rings. The van der Waals surface area contributed by atoms with E-state index in [4.69, 9.17) is 4.98 Å². The van der Waals surface area contributed by atoms with Gasteiger partial charge in [-0.15, -0.1) is 0 Å². The number of hydrogen-bond donors (Lipinski definition) is 1. The molecule has 0 amide bonds. The number of nitrogens with zero attached hydrogens (tertiary/aromatic N) is 2. The number of rotatable bonds is 6. The lowest BCUT2D eigenvalue weighted by molar-refractivity contribution is 0.500. The van der Waals surface area contributed by atoms with Gasteiger partial charge in [-0.3, -0.25) is 0 Å². The molecule has 3 heteroatoms. The summed E-state index contributed by atoms with van der Waals surface area (Å²) in [5, 5.41) is 3.63. The summed E-state index contributed by atoms with van der Waals surface area (Å²) in [4.78, 5) is 7.16. The van der Waals surface area contributed by atoms with E-state index >= 15 is 0 Å². The van der Waals surface area contributed by atoms with Crippen LogP contribution in [0.4, 0.5) is 5.82 Å². The Labute approximate surface area is 123 Å². The van der Waals surface area contributed by atoms with Gasteiger partial charge in [0.2, 0.25) is 0 Å². The standard InChI is InChI=1S/C17H29N3/c1-11(2)14(5)20(6)17-16(10-18-15-7-8-15)12(3)9-13(4)19-17/h9,11,14-15,18H,7-8,10H2,1-6H3. The molecule has 20 heavy (non-hydrogen) atoms. The number of anilines is 1. The zero-order valence-electron chi connectivity index (χ0n) is 13.8. The maximum absolute atomic E-state index is 4.82. The molecule has 1 aromatic rings. The summed E-state index contributed by atoms with van der Waals surface area (Å²) in [6.07, 6.45) is 2.65. The van der Waals surface area contributed by atoms with Gasteiger partial charge >= 0.3 is 0 Å². The topological polar surface area (TPSA) is 28.2 Å². The Hall–Kier alpha value is -1.09. The van der Waals surface area contributed by atoms with Crippen LogP contribution in [0.3, 0.4) is 0 Å². The highest BCUT2D eigenvalue weighted by Gasteiger charge is 2.23. The van der Waals surface area contributed by atoms with E-state index in [0.29, 0.717) is 12.0 Å². The first-order chi connectivity index (χ1) is 9.40. The highest BCUT2D eigenvalue weighted by atomic mass is 15.2. The molecule has 1 unspecified atom stereocenters. The van der Waals surface area contributed by atoms with Crippen molar-refractivity contribution in [3.8, 4) is 0 Å². The van der Waals surface area contributed by atoms with Crippen molar-refractivity contribution >= 4 is 5.82 Å². The number of pyridine rings is 1. The summed E-state index contributed by atoms with van der Waals surface area (Å²) in [5.41, 5.74) is 3.82. The third-order valence-electron chi connectivity index (χ3n) is 4.51. The minimum atomic E-state index is 0.489. The predicted molar refractivity (Wildman–Crippen MR) is 86.3 cm³/mol. The van der Waals surface area contributed by atoms with Crippen LogP contribution in [0, 0.1) is 19.8 Å². The van der Waals surface area contributed by atoms with Crippen LogP contribution in [0.5, 0.6) is 0 Å². The molecule has 112 valence electrons. The molecule has 1 aliphatic carbocycles. The summed E-state index contributed by atoms with van der Waals surface area (Å²) in [5.74, 6) is 1.77. The Kier molecular flexibility index (Phi) is 4.69. The number of aromatic nitrogens is 1. The highest BCUT2D eigenvalue weighted by molar-refractivity contribution is 5.52. The summed E-state index contributed by atoms with van der Waals surface area (Å²) in [6.45, 7) is 12.0. The molecule has 1 aromatic heterocycles. The molecular formula is C17H29N3. The van der Waals surface area contributed by atoms with Crippen LogP contribution in [-0.2, 0) is 6.54 Å². The first-order valence-electron chi connectivity index (χ1n) is 7.83. The molecule has 0 saturated heterocycles. The van der Waals surface area contributed by atoms with Gasteiger partial charge in [0.25, 0.3) is 0 Å². The van der Waals surface area contributed by atoms with Crippen molar-refractivity contribution in [2.45, 2.75) is 66.1 Å². The van der Waals surface area contributed by atoms with Crippen molar-refractivity contribution in [2.24, 2.45) is 5.92 Å². The minimum Gasteiger partial charge on any atom is -0.356 e. The van der Waals surface area contributed by atoms with E-state index in [0.717, 1.165) is 24.1 Å². The summed E-state index contributed by atoms with van der Waals surface area (Å²) >= 11 is 0. The Balaban J connectivity index is 2.27. The fourth-order valence-corrected chi connectivity index (χ4v) is 2.53. The molecule has 2 rings (SSSR count). The Morgan fingerprint density at radius 1 is 1.30 bits per heavy atom. The Morgan fingerprint density at radius 3 is 2.50 bits per heavy atom. The maximum atomic E-state index is 4.82. The van der Waals surface area contributed by atoms with Crippen molar-refractivity contribution in [1.29, 1.82) is 0 Å². The number of aryl methyl sites for hydroxylation is 2. The first-order valence-corrected chi connectivity index (χ1v) is 7.83. The molecule has 0 spiro atoms. The Morgan fingerprint density at radius 2 is 1.95 bits per heavy atom. The second kappa shape index (κ2) is 6.13. The lowest BCUT2D eigenvalue weighted by Crippen LogP contribution is -2.35. The molecule has 0 bridgehead atoms. The van der Waals surface area contributed by atoms with Crippen molar-refractivity contribution in [1.82, 2.24) is 10.3 Å². The predicted octanol–water partition coefficient (Wildman–Crippen LogP) is 3.43. The average molecular weight is 275 g/mol. The van der Waals surface area contributed by atoms with E-state index in [1.165, 1.54) is 24.0 Å². The van der Waals surface area contributed by atoms with Crippen molar-refractivity contribution in [2.75, 3.05) is 11.9 Å². The van der Waals surface area contributed by atoms with Crippen LogP contribution in [0.25, 0.3) is 0 Å². The average Bonchev–Trinajstić information content (AvgIpc) is 3.19. The lowest BCUT2D eigenvalue weighted by atomic mass is 10.0. The normalized spacial score (nSPS) is 16.6. The monoisotopic (exact) mass is 275 g/mol.